The van der Waals surface area contributed by atoms with Gasteiger partial charge in [-0.1, -0.05) is 24.3 Å². The zero-order valence-corrected chi connectivity index (χ0v) is 15.9. The Morgan fingerprint density at radius 1 is 0.846 bits per heavy atom. The molecule has 0 saturated carbocycles. The first-order valence-electron chi connectivity index (χ1n) is 9.32. The molecule has 26 heavy (non-hydrogen) atoms. The van der Waals surface area contributed by atoms with E-state index >= 15 is 0 Å². The lowest BCUT2D eigenvalue weighted by molar-refractivity contribution is 0.0472. The van der Waals surface area contributed by atoms with Gasteiger partial charge in [-0.3, -0.25) is 4.90 Å². The molecule has 1 aliphatic heterocycles. The summed E-state index contributed by atoms with van der Waals surface area (Å²) in [7, 11) is 3.35. The van der Waals surface area contributed by atoms with Crippen LogP contribution in [0.4, 0.5) is 0 Å². The van der Waals surface area contributed by atoms with Gasteiger partial charge in [0.2, 0.25) is 0 Å². The molecule has 1 aliphatic rings. The van der Waals surface area contributed by atoms with Gasteiger partial charge in [0.15, 0.2) is 0 Å². The normalized spacial score (nSPS) is 18.3. The molecule has 1 N–H and O–H groups in total. The number of benzene rings is 2. The number of piperidine rings is 1. The second-order valence-corrected chi connectivity index (χ2v) is 7.04. The van der Waals surface area contributed by atoms with Crippen LogP contribution in [0, 0.1) is 5.92 Å². The number of aliphatic hydroxyl groups is 1. The van der Waals surface area contributed by atoms with Gasteiger partial charge >= 0.3 is 0 Å². The molecule has 1 fully saturated rings. The Morgan fingerprint density at radius 2 is 1.31 bits per heavy atom. The molecule has 1 heterocycles. The second kappa shape index (κ2) is 8.56. The van der Waals surface area contributed by atoms with Crippen LogP contribution in [0.25, 0.3) is 0 Å². The summed E-state index contributed by atoms with van der Waals surface area (Å²) in [5.74, 6) is 2.02. The molecule has 1 saturated heterocycles. The van der Waals surface area contributed by atoms with Gasteiger partial charge in [0, 0.05) is 6.04 Å². The van der Waals surface area contributed by atoms with Crippen LogP contribution in [0.1, 0.15) is 43.0 Å². The highest BCUT2D eigenvalue weighted by atomic mass is 16.5. The topological polar surface area (TPSA) is 41.9 Å². The Kier molecular flexibility index (Phi) is 6.17. The molecule has 3 rings (SSSR count). The molecule has 0 radical (unpaired) electrons. The molecule has 2 unspecified atom stereocenters. The van der Waals surface area contributed by atoms with Crippen molar-refractivity contribution >= 4 is 0 Å². The van der Waals surface area contributed by atoms with Crippen molar-refractivity contribution in [2.75, 3.05) is 27.3 Å². The van der Waals surface area contributed by atoms with Crippen molar-refractivity contribution in [1.82, 2.24) is 4.90 Å². The summed E-state index contributed by atoms with van der Waals surface area (Å²) >= 11 is 0. The van der Waals surface area contributed by atoms with Crippen LogP contribution in [0.15, 0.2) is 48.5 Å². The van der Waals surface area contributed by atoms with Gasteiger partial charge in [-0.25, -0.2) is 0 Å². The van der Waals surface area contributed by atoms with E-state index in [4.69, 9.17) is 9.47 Å². The maximum atomic E-state index is 10.7. The van der Waals surface area contributed by atoms with Crippen LogP contribution in [0.3, 0.4) is 0 Å². The zero-order chi connectivity index (χ0) is 18.5. The minimum absolute atomic E-state index is 0.308. The van der Waals surface area contributed by atoms with Crippen molar-refractivity contribution in [3.8, 4) is 11.5 Å². The lowest BCUT2D eigenvalue weighted by Crippen LogP contribution is -2.37. The van der Waals surface area contributed by atoms with Crippen molar-refractivity contribution in [3.63, 3.8) is 0 Å². The molecule has 2 atom stereocenters. The van der Waals surface area contributed by atoms with Gasteiger partial charge in [0.05, 0.1) is 20.3 Å². The number of hydrogen-bond acceptors (Lipinski definition) is 4. The molecule has 0 amide bonds. The van der Waals surface area contributed by atoms with E-state index in [1.165, 1.54) is 5.56 Å². The van der Waals surface area contributed by atoms with E-state index in [1.54, 1.807) is 14.2 Å². The second-order valence-electron chi connectivity index (χ2n) is 7.04. The van der Waals surface area contributed by atoms with Crippen molar-refractivity contribution in [2.24, 2.45) is 5.92 Å². The van der Waals surface area contributed by atoms with Crippen LogP contribution in [0.2, 0.25) is 0 Å². The summed E-state index contributed by atoms with van der Waals surface area (Å²) in [4.78, 5) is 2.50. The fraction of sp³-hybridized carbons (Fsp3) is 0.455. The van der Waals surface area contributed by atoms with Gasteiger partial charge in [-0.05, 0) is 74.2 Å². The minimum atomic E-state index is -0.403. The summed E-state index contributed by atoms with van der Waals surface area (Å²) in [5, 5.41) is 10.7. The largest absolute Gasteiger partial charge is 0.497 e. The van der Waals surface area contributed by atoms with Gasteiger partial charge in [0.1, 0.15) is 11.5 Å². The molecule has 0 bridgehead atoms. The Morgan fingerprint density at radius 3 is 1.77 bits per heavy atom. The minimum Gasteiger partial charge on any atom is -0.497 e. The summed E-state index contributed by atoms with van der Waals surface area (Å²) < 4.78 is 10.4. The first kappa shape index (κ1) is 18.7. The zero-order valence-electron chi connectivity index (χ0n) is 15.9. The van der Waals surface area contributed by atoms with Gasteiger partial charge in [-0.15, -0.1) is 0 Å². The van der Waals surface area contributed by atoms with Crippen LogP contribution >= 0.6 is 0 Å². The molecule has 2 aromatic rings. The fourth-order valence-corrected chi connectivity index (χ4v) is 3.79. The molecule has 2 aromatic carbocycles. The molecule has 4 nitrogen and oxygen atoms in total. The quantitative estimate of drug-likeness (QED) is 0.843. The lowest BCUT2D eigenvalue weighted by Gasteiger charge is -2.38. The number of methoxy groups -OCH3 is 2. The first-order valence-corrected chi connectivity index (χ1v) is 9.32. The molecule has 140 valence electrons. The Hall–Kier alpha value is -2.04. The number of hydrogen-bond donors (Lipinski definition) is 1. The maximum absolute atomic E-state index is 10.7. The summed E-state index contributed by atoms with van der Waals surface area (Å²) in [5.41, 5.74) is 2.28. The van der Waals surface area contributed by atoms with Crippen LogP contribution < -0.4 is 9.47 Å². The predicted molar refractivity (Wildman–Crippen MR) is 104 cm³/mol. The van der Waals surface area contributed by atoms with Crippen LogP contribution in [-0.4, -0.2) is 37.3 Å². The molecule has 0 aliphatic carbocycles. The van der Waals surface area contributed by atoms with E-state index in [0.717, 1.165) is 43.0 Å². The summed E-state index contributed by atoms with van der Waals surface area (Å²) in [6, 6.07) is 16.5. The molecule has 0 aromatic heterocycles. The number of ether oxygens (including phenoxy) is 2. The smallest absolute Gasteiger partial charge is 0.118 e. The summed E-state index contributed by atoms with van der Waals surface area (Å²) in [6.45, 7) is 4.26. The van der Waals surface area contributed by atoms with E-state index in [9.17, 15) is 5.11 Å². The van der Waals surface area contributed by atoms with E-state index in [0.29, 0.717) is 12.0 Å². The van der Waals surface area contributed by atoms with E-state index in [2.05, 4.69) is 24.0 Å². The highest BCUT2D eigenvalue weighted by Gasteiger charge is 2.28. The van der Waals surface area contributed by atoms with Gasteiger partial charge < -0.3 is 14.6 Å². The number of rotatable bonds is 6. The van der Waals surface area contributed by atoms with E-state index in [-0.39, 0.29) is 0 Å². The third-order valence-corrected chi connectivity index (χ3v) is 5.62. The average molecular weight is 355 g/mol. The van der Waals surface area contributed by atoms with E-state index < -0.39 is 6.10 Å². The van der Waals surface area contributed by atoms with Crippen LogP contribution in [0.5, 0.6) is 11.5 Å². The average Bonchev–Trinajstić information content (AvgIpc) is 2.73. The van der Waals surface area contributed by atoms with Crippen molar-refractivity contribution in [1.29, 1.82) is 0 Å². The highest BCUT2D eigenvalue weighted by Crippen LogP contribution is 2.34. The Bertz CT molecular complexity index is 614. The number of aliphatic hydroxyl groups excluding tert-OH is 1. The highest BCUT2D eigenvalue weighted by molar-refractivity contribution is 5.30. The molecule has 0 spiro atoms. The number of likely N-dealkylation sites (tertiary alicyclic amines) is 1. The third-order valence-electron chi connectivity index (χ3n) is 5.62. The lowest BCUT2D eigenvalue weighted by atomic mass is 9.86. The maximum Gasteiger partial charge on any atom is 0.118 e. The Labute approximate surface area is 156 Å². The summed E-state index contributed by atoms with van der Waals surface area (Å²) in [6.07, 6.45) is 1.61. The van der Waals surface area contributed by atoms with Gasteiger partial charge in [0.25, 0.3) is 0 Å². The molecular weight excluding hydrogens is 326 g/mol. The van der Waals surface area contributed by atoms with Gasteiger partial charge in [-0.2, -0.15) is 0 Å². The fourth-order valence-electron chi connectivity index (χ4n) is 3.79. The number of nitrogens with zero attached hydrogens (tertiary/aromatic N) is 1. The van der Waals surface area contributed by atoms with Crippen molar-refractivity contribution < 1.29 is 14.6 Å². The predicted octanol–water partition coefficient (Wildman–Crippen LogP) is 4.21. The molecule has 4 heteroatoms. The Balaban J connectivity index is 1.57. The standard InChI is InChI=1S/C22H29NO3/c1-16(17-4-8-20(25-2)9-5-17)23-14-12-19(13-15-23)22(24)18-6-10-21(26-3)11-7-18/h4-11,16,19,22,24H,12-15H2,1-3H3. The monoisotopic (exact) mass is 355 g/mol. The molecular formula is C22H29NO3. The van der Waals surface area contributed by atoms with Crippen LogP contribution in [-0.2, 0) is 0 Å². The van der Waals surface area contributed by atoms with Crippen molar-refractivity contribution in [2.45, 2.75) is 31.9 Å². The SMILES string of the molecule is COc1ccc(C(O)C2CCN(C(C)c3ccc(OC)cc3)CC2)cc1. The third kappa shape index (κ3) is 4.19. The van der Waals surface area contributed by atoms with E-state index in [1.807, 2.05) is 36.4 Å². The van der Waals surface area contributed by atoms with Crippen molar-refractivity contribution in [3.05, 3.63) is 59.7 Å². The first-order chi connectivity index (χ1) is 12.6.